The van der Waals surface area contributed by atoms with Crippen molar-refractivity contribution in [1.82, 2.24) is 20.4 Å². The Morgan fingerprint density at radius 3 is 2.86 bits per heavy atom. The first-order valence-electron chi connectivity index (χ1n) is 9.52. The highest BCUT2D eigenvalue weighted by Gasteiger charge is 2.26. The molecule has 4 rings (SSSR count). The van der Waals surface area contributed by atoms with Gasteiger partial charge in [-0.1, -0.05) is 16.8 Å². The first-order valence-corrected chi connectivity index (χ1v) is 10.7. The predicted molar refractivity (Wildman–Crippen MR) is 111 cm³/mol. The number of piperidine rings is 1. The second-order valence-electron chi connectivity index (χ2n) is 7.21. The minimum Gasteiger partial charge on any atom is -0.361 e. The van der Waals surface area contributed by atoms with Gasteiger partial charge >= 0.3 is 6.03 Å². The summed E-state index contributed by atoms with van der Waals surface area (Å²) in [6.45, 7) is 5.91. The first-order chi connectivity index (χ1) is 13.5. The number of urea groups is 1. The van der Waals surface area contributed by atoms with Crippen LogP contribution in [0.4, 0.5) is 4.79 Å². The quantitative estimate of drug-likeness (QED) is 0.667. The predicted octanol–water partition coefficient (Wildman–Crippen LogP) is 4.69. The number of aromatic nitrogens is 2. The van der Waals surface area contributed by atoms with Crippen LogP contribution < -0.4 is 5.32 Å². The van der Waals surface area contributed by atoms with Crippen molar-refractivity contribution in [3.8, 4) is 0 Å². The SMILES string of the molecule is Cc1noc(C)c1CCNC(=O)N1CCC(c2nc3cc(Cl)ccc3s2)CC1. The number of likely N-dealkylation sites (tertiary alicyclic amines) is 1. The number of nitrogens with one attached hydrogen (secondary N) is 1. The lowest BCUT2D eigenvalue weighted by molar-refractivity contribution is 0.181. The van der Waals surface area contributed by atoms with E-state index in [2.05, 4.69) is 10.5 Å². The lowest BCUT2D eigenvalue weighted by Crippen LogP contribution is -2.44. The van der Waals surface area contributed by atoms with Crippen molar-refractivity contribution in [2.75, 3.05) is 19.6 Å². The molecule has 0 bridgehead atoms. The van der Waals surface area contributed by atoms with E-state index in [4.69, 9.17) is 21.1 Å². The number of carbonyl (C=O) groups excluding carboxylic acids is 1. The van der Waals surface area contributed by atoms with Crippen LogP contribution in [0.3, 0.4) is 0 Å². The van der Waals surface area contributed by atoms with Crippen LogP contribution in [0.25, 0.3) is 10.2 Å². The number of halogens is 1. The van der Waals surface area contributed by atoms with Crippen molar-refractivity contribution in [2.24, 2.45) is 0 Å². The van der Waals surface area contributed by atoms with Crippen molar-refractivity contribution >= 4 is 39.2 Å². The average molecular weight is 419 g/mol. The molecule has 0 aliphatic carbocycles. The van der Waals surface area contributed by atoms with Crippen molar-refractivity contribution in [1.29, 1.82) is 0 Å². The molecule has 0 atom stereocenters. The molecular formula is C20H23ClN4O2S. The minimum absolute atomic E-state index is 0.00120. The van der Waals surface area contributed by atoms with E-state index in [9.17, 15) is 4.79 Å². The minimum atomic E-state index is 0.00120. The Bertz CT molecular complexity index is 972. The number of amides is 2. The lowest BCUT2D eigenvalue weighted by Gasteiger charge is -2.31. The standard InChI is InChI=1S/C20H23ClN4O2S/c1-12-16(13(2)27-24-12)5-8-22-20(26)25-9-6-14(7-10-25)19-23-17-11-15(21)3-4-18(17)28-19/h3-4,11,14H,5-10H2,1-2H3,(H,22,26). The van der Waals surface area contributed by atoms with Crippen LogP contribution in [0.2, 0.25) is 5.02 Å². The van der Waals surface area contributed by atoms with Gasteiger partial charge in [0, 0.05) is 36.1 Å². The second kappa shape index (κ2) is 8.09. The van der Waals surface area contributed by atoms with E-state index >= 15 is 0 Å². The van der Waals surface area contributed by atoms with Gasteiger partial charge in [0.05, 0.1) is 20.9 Å². The summed E-state index contributed by atoms with van der Waals surface area (Å²) in [6, 6.07) is 5.85. The van der Waals surface area contributed by atoms with Crippen LogP contribution in [0.1, 0.15) is 40.8 Å². The molecule has 2 aromatic heterocycles. The van der Waals surface area contributed by atoms with E-state index in [1.165, 1.54) is 4.70 Å². The van der Waals surface area contributed by atoms with Gasteiger partial charge in [0.1, 0.15) is 5.76 Å². The maximum atomic E-state index is 12.5. The van der Waals surface area contributed by atoms with Gasteiger partial charge in [-0.25, -0.2) is 9.78 Å². The first kappa shape index (κ1) is 19.2. The molecule has 0 unspecified atom stereocenters. The van der Waals surface area contributed by atoms with Crippen molar-refractivity contribution < 1.29 is 9.32 Å². The zero-order chi connectivity index (χ0) is 19.7. The number of benzene rings is 1. The van der Waals surface area contributed by atoms with Gasteiger partial charge in [0.15, 0.2) is 0 Å². The van der Waals surface area contributed by atoms with Gasteiger partial charge in [-0.3, -0.25) is 0 Å². The Labute approximate surface area is 172 Å². The molecule has 3 aromatic rings. The molecule has 1 aliphatic heterocycles. The molecule has 28 heavy (non-hydrogen) atoms. The van der Waals surface area contributed by atoms with Gasteiger partial charge in [-0.15, -0.1) is 11.3 Å². The second-order valence-corrected chi connectivity index (χ2v) is 8.71. The van der Waals surface area contributed by atoms with Crippen LogP contribution >= 0.6 is 22.9 Å². The summed E-state index contributed by atoms with van der Waals surface area (Å²) >= 11 is 7.80. The van der Waals surface area contributed by atoms with Gasteiger partial charge in [-0.2, -0.15) is 0 Å². The molecule has 0 radical (unpaired) electrons. The van der Waals surface area contributed by atoms with E-state index in [0.717, 1.165) is 59.9 Å². The van der Waals surface area contributed by atoms with E-state index in [0.29, 0.717) is 17.5 Å². The van der Waals surface area contributed by atoms with Crippen molar-refractivity contribution in [3.05, 3.63) is 45.2 Å². The number of thiazole rings is 1. The van der Waals surface area contributed by atoms with Gasteiger partial charge in [-0.05, 0) is 51.3 Å². The fourth-order valence-electron chi connectivity index (χ4n) is 3.69. The molecule has 8 heteroatoms. The number of hydrogen-bond acceptors (Lipinski definition) is 5. The Balaban J connectivity index is 1.29. The average Bonchev–Trinajstić information content (AvgIpc) is 3.25. The van der Waals surface area contributed by atoms with Crippen molar-refractivity contribution in [2.45, 2.75) is 39.0 Å². The number of hydrogen-bond donors (Lipinski definition) is 1. The van der Waals surface area contributed by atoms with Crippen molar-refractivity contribution in [3.63, 3.8) is 0 Å². The number of aryl methyl sites for hydroxylation is 2. The zero-order valence-corrected chi connectivity index (χ0v) is 17.6. The molecule has 1 saturated heterocycles. The highest BCUT2D eigenvalue weighted by atomic mass is 35.5. The fraction of sp³-hybridized carbons (Fsp3) is 0.450. The van der Waals surface area contributed by atoms with Crippen LogP contribution in [-0.2, 0) is 6.42 Å². The third kappa shape index (κ3) is 4.00. The molecule has 0 saturated carbocycles. The number of carbonyl (C=O) groups is 1. The summed E-state index contributed by atoms with van der Waals surface area (Å²) in [4.78, 5) is 19.1. The summed E-state index contributed by atoms with van der Waals surface area (Å²) in [7, 11) is 0. The molecule has 3 heterocycles. The highest BCUT2D eigenvalue weighted by Crippen LogP contribution is 2.34. The summed E-state index contributed by atoms with van der Waals surface area (Å²) in [6.07, 6.45) is 2.60. The third-order valence-electron chi connectivity index (χ3n) is 5.33. The molecule has 0 spiro atoms. The Hall–Kier alpha value is -2.12. The zero-order valence-electron chi connectivity index (χ0n) is 16.0. The Kier molecular flexibility index (Phi) is 5.55. The Morgan fingerprint density at radius 1 is 1.36 bits per heavy atom. The van der Waals surface area contributed by atoms with E-state index in [1.807, 2.05) is 36.9 Å². The maximum Gasteiger partial charge on any atom is 0.317 e. The summed E-state index contributed by atoms with van der Waals surface area (Å²) in [5.74, 6) is 1.23. The van der Waals surface area contributed by atoms with Crippen LogP contribution in [0, 0.1) is 13.8 Å². The lowest BCUT2D eigenvalue weighted by atomic mass is 9.98. The topological polar surface area (TPSA) is 71.3 Å². The summed E-state index contributed by atoms with van der Waals surface area (Å²) in [5, 5.41) is 8.83. The summed E-state index contributed by atoms with van der Waals surface area (Å²) < 4.78 is 6.33. The molecule has 1 aromatic carbocycles. The molecule has 2 amide bonds. The normalized spacial score (nSPS) is 15.3. The largest absolute Gasteiger partial charge is 0.361 e. The molecule has 1 N–H and O–H groups in total. The molecule has 1 aliphatic rings. The van der Waals surface area contributed by atoms with Gasteiger partial charge < -0.3 is 14.7 Å². The van der Waals surface area contributed by atoms with Gasteiger partial charge in [0.25, 0.3) is 0 Å². The Morgan fingerprint density at radius 2 is 2.14 bits per heavy atom. The number of fused-ring (bicyclic) bond motifs is 1. The van der Waals surface area contributed by atoms with Crippen LogP contribution in [0.15, 0.2) is 22.7 Å². The number of nitrogens with zero attached hydrogens (tertiary/aromatic N) is 3. The third-order valence-corrected chi connectivity index (χ3v) is 6.76. The highest BCUT2D eigenvalue weighted by molar-refractivity contribution is 7.18. The fourth-order valence-corrected chi connectivity index (χ4v) is 4.97. The summed E-state index contributed by atoms with van der Waals surface area (Å²) in [5.41, 5.74) is 2.94. The molecular weight excluding hydrogens is 396 g/mol. The van der Waals surface area contributed by atoms with Crippen LogP contribution in [-0.4, -0.2) is 40.7 Å². The van der Waals surface area contributed by atoms with E-state index < -0.39 is 0 Å². The molecule has 148 valence electrons. The van der Waals surface area contributed by atoms with Crippen LogP contribution in [0.5, 0.6) is 0 Å². The number of rotatable bonds is 4. The maximum absolute atomic E-state index is 12.5. The molecule has 1 fully saturated rings. The molecule has 6 nitrogen and oxygen atoms in total. The monoisotopic (exact) mass is 418 g/mol. The van der Waals surface area contributed by atoms with E-state index in [1.54, 1.807) is 11.3 Å². The smallest absolute Gasteiger partial charge is 0.317 e. The van der Waals surface area contributed by atoms with Gasteiger partial charge in [0.2, 0.25) is 0 Å². The van der Waals surface area contributed by atoms with E-state index in [-0.39, 0.29) is 6.03 Å².